The average molecular weight is 345 g/mol. The standard InChI is InChI=1S/C16H13ClN4O3/c1-21(8-9-3-2-4-11(17)5-9)15(23)10-6-12-13(18-7-10)19-16(24)20-14(12)22/h2-7H,8H2,1H3,(H2,18,19,20,22,24). The number of nitrogens with one attached hydrogen (secondary N) is 2. The molecule has 7 nitrogen and oxygen atoms in total. The zero-order valence-corrected chi connectivity index (χ0v) is 13.4. The molecule has 0 fully saturated rings. The molecule has 1 aromatic carbocycles. The third-order valence-corrected chi connectivity index (χ3v) is 3.73. The molecule has 0 spiro atoms. The number of nitrogens with zero attached hydrogens (tertiary/aromatic N) is 2. The maximum absolute atomic E-state index is 12.5. The van der Waals surface area contributed by atoms with E-state index < -0.39 is 11.2 Å². The van der Waals surface area contributed by atoms with Gasteiger partial charge in [0.1, 0.15) is 5.65 Å². The molecule has 2 aromatic heterocycles. The van der Waals surface area contributed by atoms with Crippen molar-refractivity contribution in [3.05, 3.63) is 73.5 Å². The van der Waals surface area contributed by atoms with Crippen LogP contribution in [0, 0.1) is 0 Å². The summed E-state index contributed by atoms with van der Waals surface area (Å²) in [5.74, 6) is -0.296. The van der Waals surface area contributed by atoms with Crippen LogP contribution in [0.15, 0.2) is 46.1 Å². The minimum atomic E-state index is -0.642. The summed E-state index contributed by atoms with van der Waals surface area (Å²) in [6.07, 6.45) is 1.33. The second-order valence-electron chi connectivity index (χ2n) is 5.32. The summed E-state index contributed by atoms with van der Waals surface area (Å²) in [7, 11) is 1.64. The van der Waals surface area contributed by atoms with Crippen LogP contribution in [0.2, 0.25) is 5.02 Å². The van der Waals surface area contributed by atoms with Crippen molar-refractivity contribution in [1.82, 2.24) is 19.9 Å². The number of hydrogen-bond donors (Lipinski definition) is 2. The SMILES string of the molecule is CN(Cc1cccc(Cl)c1)C(=O)c1cnc2[nH]c(=O)[nH]c(=O)c2c1. The van der Waals surface area contributed by atoms with Gasteiger partial charge in [-0.2, -0.15) is 0 Å². The third kappa shape index (κ3) is 3.21. The van der Waals surface area contributed by atoms with Gasteiger partial charge in [-0.1, -0.05) is 23.7 Å². The Bertz CT molecular complexity index is 1040. The Balaban J connectivity index is 1.90. The maximum Gasteiger partial charge on any atom is 0.327 e. The van der Waals surface area contributed by atoms with Crippen LogP contribution in [0.4, 0.5) is 0 Å². The molecular formula is C16H13ClN4O3. The molecule has 24 heavy (non-hydrogen) atoms. The zero-order valence-electron chi connectivity index (χ0n) is 12.7. The number of fused-ring (bicyclic) bond motifs is 1. The van der Waals surface area contributed by atoms with Crippen LogP contribution < -0.4 is 11.2 Å². The van der Waals surface area contributed by atoms with Crippen LogP contribution in [0.1, 0.15) is 15.9 Å². The number of amides is 1. The fourth-order valence-electron chi connectivity index (χ4n) is 2.37. The molecule has 0 bridgehead atoms. The molecule has 1 amide bonds. The Morgan fingerprint density at radius 3 is 2.79 bits per heavy atom. The Labute approximate surface area is 140 Å². The molecule has 0 unspecified atom stereocenters. The number of benzene rings is 1. The van der Waals surface area contributed by atoms with E-state index in [1.807, 2.05) is 12.1 Å². The second kappa shape index (κ2) is 6.29. The van der Waals surface area contributed by atoms with E-state index in [2.05, 4.69) is 15.0 Å². The highest BCUT2D eigenvalue weighted by molar-refractivity contribution is 6.30. The van der Waals surface area contributed by atoms with Crippen molar-refractivity contribution in [2.75, 3.05) is 7.05 Å². The highest BCUT2D eigenvalue weighted by Crippen LogP contribution is 2.14. The summed E-state index contributed by atoms with van der Waals surface area (Å²) in [5.41, 5.74) is 0.0437. The normalized spacial score (nSPS) is 10.8. The van der Waals surface area contributed by atoms with E-state index in [4.69, 9.17) is 11.6 Å². The van der Waals surface area contributed by atoms with Crippen molar-refractivity contribution in [1.29, 1.82) is 0 Å². The van der Waals surface area contributed by atoms with Crippen LogP contribution in [0.25, 0.3) is 11.0 Å². The van der Waals surface area contributed by atoms with E-state index in [-0.39, 0.29) is 22.5 Å². The number of pyridine rings is 1. The van der Waals surface area contributed by atoms with Crippen molar-refractivity contribution in [3.63, 3.8) is 0 Å². The van der Waals surface area contributed by atoms with E-state index >= 15 is 0 Å². The minimum Gasteiger partial charge on any atom is -0.337 e. The van der Waals surface area contributed by atoms with E-state index in [9.17, 15) is 14.4 Å². The topological polar surface area (TPSA) is 98.9 Å². The van der Waals surface area contributed by atoms with Gasteiger partial charge >= 0.3 is 5.69 Å². The van der Waals surface area contributed by atoms with Crippen LogP contribution in [-0.4, -0.2) is 32.8 Å². The van der Waals surface area contributed by atoms with Gasteiger partial charge in [-0.05, 0) is 23.8 Å². The summed E-state index contributed by atoms with van der Waals surface area (Å²) in [4.78, 5) is 45.6. The average Bonchev–Trinajstić information content (AvgIpc) is 2.53. The van der Waals surface area contributed by atoms with E-state index in [0.29, 0.717) is 11.6 Å². The minimum absolute atomic E-state index is 0.137. The molecule has 0 aliphatic heterocycles. The van der Waals surface area contributed by atoms with Gasteiger partial charge in [-0.25, -0.2) is 9.78 Å². The van der Waals surface area contributed by atoms with Gasteiger partial charge in [0.15, 0.2) is 0 Å². The Morgan fingerprint density at radius 2 is 2.04 bits per heavy atom. The number of aromatic nitrogens is 3. The van der Waals surface area contributed by atoms with Crippen molar-refractivity contribution in [2.24, 2.45) is 0 Å². The zero-order chi connectivity index (χ0) is 17.3. The molecule has 8 heteroatoms. The predicted molar refractivity (Wildman–Crippen MR) is 90.2 cm³/mol. The molecule has 0 aliphatic carbocycles. The lowest BCUT2D eigenvalue weighted by Gasteiger charge is -2.17. The molecule has 0 saturated carbocycles. The first-order valence-electron chi connectivity index (χ1n) is 7.06. The van der Waals surface area contributed by atoms with E-state index in [1.54, 1.807) is 19.2 Å². The van der Waals surface area contributed by atoms with Crippen molar-refractivity contribution in [2.45, 2.75) is 6.54 Å². The third-order valence-electron chi connectivity index (χ3n) is 3.49. The van der Waals surface area contributed by atoms with Gasteiger partial charge in [0.2, 0.25) is 0 Å². The monoisotopic (exact) mass is 344 g/mol. The number of rotatable bonds is 3. The molecule has 0 saturated heterocycles. The first-order chi connectivity index (χ1) is 11.4. The van der Waals surface area contributed by atoms with Crippen LogP contribution in [0.5, 0.6) is 0 Å². The molecule has 3 aromatic rings. The Kier molecular flexibility index (Phi) is 4.18. The molecular weight excluding hydrogens is 332 g/mol. The number of carbonyl (C=O) groups is 1. The molecule has 2 N–H and O–H groups in total. The summed E-state index contributed by atoms with van der Waals surface area (Å²) < 4.78 is 0. The van der Waals surface area contributed by atoms with Gasteiger partial charge in [0, 0.05) is 24.8 Å². The first kappa shape index (κ1) is 15.9. The van der Waals surface area contributed by atoms with Crippen molar-refractivity contribution < 1.29 is 4.79 Å². The van der Waals surface area contributed by atoms with Crippen LogP contribution >= 0.6 is 11.6 Å². The second-order valence-corrected chi connectivity index (χ2v) is 5.76. The predicted octanol–water partition coefficient (Wildman–Crippen LogP) is 1.54. The van der Waals surface area contributed by atoms with Crippen molar-refractivity contribution >= 4 is 28.5 Å². The highest BCUT2D eigenvalue weighted by atomic mass is 35.5. The lowest BCUT2D eigenvalue weighted by atomic mass is 10.2. The largest absolute Gasteiger partial charge is 0.337 e. The molecule has 3 rings (SSSR count). The van der Waals surface area contributed by atoms with Crippen LogP contribution in [-0.2, 0) is 6.54 Å². The summed E-state index contributed by atoms with van der Waals surface area (Å²) in [6, 6.07) is 8.62. The highest BCUT2D eigenvalue weighted by Gasteiger charge is 2.14. The van der Waals surface area contributed by atoms with Crippen molar-refractivity contribution in [3.8, 4) is 0 Å². The maximum atomic E-state index is 12.5. The molecule has 0 aliphatic rings. The fraction of sp³-hybridized carbons (Fsp3) is 0.125. The number of carbonyl (C=O) groups excluding carboxylic acids is 1. The summed E-state index contributed by atoms with van der Waals surface area (Å²) in [6.45, 7) is 0.361. The van der Waals surface area contributed by atoms with Gasteiger partial charge in [-0.3, -0.25) is 19.6 Å². The van der Waals surface area contributed by atoms with Gasteiger partial charge in [0.05, 0.1) is 10.9 Å². The first-order valence-corrected chi connectivity index (χ1v) is 7.44. The van der Waals surface area contributed by atoms with Gasteiger partial charge in [0.25, 0.3) is 11.5 Å². The molecule has 0 atom stereocenters. The Morgan fingerprint density at radius 1 is 1.25 bits per heavy atom. The number of aromatic amines is 2. The number of halogens is 1. The smallest absolute Gasteiger partial charge is 0.327 e. The molecule has 0 radical (unpaired) electrons. The Hall–Kier alpha value is -2.93. The van der Waals surface area contributed by atoms with Crippen LogP contribution in [0.3, 0.4) is 0 Å². The van der Waals surface area contributed by atoms with Gasteiger partial charge in [-0.15, -0.1) is 0 Å². The van der Waals surface area contributed by atoms with E-state index in [0.717, 1.165) is 5.56 Å². The number of hydrogen-bond acceptors (Lipinski definition) is 4. The van der Waals surface area contributed by atoms with Gasteiger partial charge < -0.3 is 4.90 Å². The quantitative estimate of drug-likeness (QED) is 0.752. The molecule has 2 heterocycles. The lowest BCUT2D eigenvalue weighted by Crippen LogP contribution is -2.27. The molecule has 122 valence electrons. The summed E-state index contributed by atoms with van der Waals surface area (Å²) >= 11 is 5.94. The lowest BCUT2D eigenvalue weighted by molar-refractivity contribution is 0.0785. The fourth-order valence-corrected chi connectivity index (χ4v) is 2.58. The number of H-pyrrole nitrogens is 2. The van der Waals surface area contributed by atoms with E-state index in [1.165, 1.54) is 17.2 Å². The summed E-state index contributed by atoms with van der Waals surface area (Å²) in [5, 5.41) is 0.743.